The van der Waals surface area contributed by atoms with Gasteiger partial charge in [0.2, 0.25) is 0 Å². The van der Waals surface area contributed by atoms with Crippen molar-refractivity contribution < 1.29 is 4.74 Å². The van der Waals surface area contributed by atoms with Gasteiger partial charge in [0, 0.05) is 4.47 Å². The van der Waals surface area contributed by atoms with E-state index in [9.17, 15) is 0 Å². The third kappa shape index (κ3) is 5.36. The maximum atomic E-state index is 5.76. The Bertz CT molecular complexity index is 395. The lowest BCUT2D eigenvalue weighted by molar-refractivity contribution is 0.304. The molecule has 2 nitrogen and oxygen atoms in total. The highest BCUT2D eigenvalue weighted by Gasteiger charge is 2.06. The van der Waals surface area contributed by atoms with Gasteiger partial charge < -0.3 is 10.5 Å². The van der Waals surface area contributed by atoms with Crippen molar-refractivity contribution in [2.75, 3.05) is 6.61 Å². The molecule has 2 N–H and O–H groups in total. The van der Waals surface area contributed by atoms with E-state index in [0.29, 0.717) is 4.99 Å². The lowest BCUT2D eigenvalue weighted by Crippen LogP contribution is -2.12. The van der Waals surface area contributed by atoms with Gasteiger partial charge in [0.1, 0.15) is 10.7 Å². The highest BCUT2D eigenvalue weighted by molar-refractivity contribution is 9.10. The maximum absolute atomic E-state index is 5.76. The number of halogens is 1. The van der Waals surface area contributed by atoms with E-state index >= 15 is 0 Å². The van der Waals surface area contributed by atoms with E-state index < -0.39 is 0 Å². The summed E-state index contributed by atoms with van der Waals surface area (Å²) in [6.45, 7) is 2.93. The van der Waals surface area contributed by atoms with Gasteiger partial charge in [-0.25, -0.2) is 0 Å². The van der Waals surface area contributed by atoms with Gasteiger partial charge in [-0.1, -0.05) is 60.8 Å². The third-order valence-corrected chi connectivity index (χ3v) is 3.43. The predicted molar refractivity (Wildman–Crippen MR) is 84.3 cm³/mol. The van der Waals surface area contributed by atoms with Gasteiger partial charge in [0.05, 0.1) is 12.2 Å². The average Bonchev–Trinajstić information content (AvgIpc) is 2.33. The van der Waals surface area contributed by atoms with Crippen LogP contribution < -0.4 is 10.5 Å². The Morgan fingerprint density at radius 3 is 2.67 bits per heavy atom. The zero-order valence-corrected chi connectivity index (χ0v) is 13.1. The van der Waals surface area contributed by atoms with Crippen molar-refractivity contribution in [3.8, 4) is 5.75 Å². The summed E-state index contributed by atoms with van der Waals surface area (Å²) in [5, 5.41) is 0. The largest absolute Gasteiger partial charge is 0.493 e. The van der Waals surface area contributed by atoms with Crippen molar-refractivity contribution >= 4 is 33.1 Å². The number of nitrogens with two attached hydrogens (primary N) is 1. The smallest absolute Gasteiger partial charge is 0.130 e. The Morgan fingerprint density at radius 2 is 2.00 bits per heavy atom. The molecule has 1 aromatic carbocycles. The average molecular weight is 330 g/mol. The normalized spacial score (nSPS) is 10.3. The number of hydrogen-bond donors (Lipinski definition) is 1. The van der Waals surface area contributed by atoms with Gasteiger partial charge in [0.15, 0.2) is 0 Å². The molecule has 1 aromatic rings. The van der Waals surface area contributed by atoms with Crippen molar-refractivity contribution in [1.82, 2.24) is 0 Å². The van der Waals surface area contributed by atoms with E-state index in [1.54, 1.807) is 0 Å². The van der Waals surface area contributed by atoms with E-state index in [0.717, 1.165) is 28.8 Å². The Morgan fingerprint density at radius 1 is 1.28 bits per heavy atom. The highest BCUT2D eigenvalue weighted by atomic mass is 79.9. The Balaban J connectivity index is 2.45. The van der Waals surface area contributed by atoms with Crippen LogP contribution in [-0.2, 0) is 0 Å². The van der Waals surface area contributed by atoms with Crippen molar-refractivity contribution in [1.29, 1.82) is 0 Å². The van der Waals surface area contributed by atoms with Crippen molar-refractivity contribution in [2.45, 2.75) is 39.0 Å². The molecule has 0 amide bonds. The van der Waals surface area contributed by atoms with Crippen LogP contribution in [-0.4, -0.2) is 11.6 Å². The molecule has 0 saturated heterocycles. The van der Waals surface area contributed by atoms with Crippen molar-refractivity contribution in [2.24, 2.45) is 5.73 Å². The standard InChI is InChI=1S/C14H20BrNOS/c1-2-3-4-5-6-9-17-13-10-11(15)7-8-12(13)14(16)18/h7-8,10H,2-6,9H2,1H3,(H2,16,18). The van der Waals surface area contributed by atoms with Gasteiger partial charge in [-0.15, -0.1) is 0 Å². The molecule has 0 fully saturated rings. The molecule has 0 heterocycles. The molecular formula is C14H20BrNOS. The molecule has 100 valence electrons. The van der Waals surface area contributed by atoms with Crippen LogP contribution in [0.4, 0.5) is 0 Å². The van der Waals surface area contributed by atoms with Crippen LogP contribution in [0.1, 0.15) is 44.6 Å². The summed E-state index contributed by atoms with van der Waals surface area (Å²) in [6.07, 6.45) is 6.13. The topological polar surface area (TPSA) is 35.2 Å². The van der Waals surface area contributed by atoms with Crippen LogP contribution in [0.2, 0.25) is 0 Å². The first-order chi connectivity index (χ1) is 8.65. The zero-order chi connectivity index (χ0) is 13.4. The molecule has 0 aliphatic rings. The van der Waals surface area contributed by atoms with E-state index in [1.165, 1.54) is 25.7 Å². The molecule has 0 aromatic heterocycles. The molecule has 0 aliphatic heterocycles. The Kier molecular flexibility index (Phi) is 7.28. The first-order valence-electron chi connectivity index (χ1n) is 6.37. The summed E-state index contributed by atoms with van der Waals surface area (Å²) in [6, 6.07) is 5.72. The number of hydrogen-bond acceptors (Lipinski definition) is 2. The fourth-order valence-corrected chi connectivity index (χ4v) is 2.22. The summed E-state index contributed by atoms with van der Waals surface area (Å²) in [5.74, 6) is 0.771. The second-order valence-electron chi connectivity index (χ2n) is 4.27. The summed E-state index contributed by atoms with van der Waals surface area (Å²) in [5.41, 5.74) is 6.48. The molecule has 0 bridgehead atoms. The molecule has 0 spiro atoms. The highest BCUT2D eigenvalue weighted by Crippen LogP contribution is 2.24. The molecule has 18 heavy (non-hydrogen) atoms. The van der Waals surface area contributed by atoms with Gasteiger partial charge in [-0.05, 0) is 24.6 Å². The quantitative estimate of drug-likeness (QED) is 0.566. The van der Waals surface area contributed by atoms with Crippen LogP contribution in [0.3, 0.4) is 0 Å². The summed E-state index contributed by atoms with van der Waals surface area (Å²) < 4.78 is 6.74. The van der Waals surface area contributed by atoms with Crippen molar-refractivity contribution in [3.05, 3.63) is 28.2 Å². The van der Waals surface area contributed by atoms with E-state index in [1.807, 2.05) is 18.2 Å². The summed E-state index contributed by atoms with van der Waals surface area (Å²) in [4.78, 5) is 0.378. The van der Waals surface area contributed by atoms with E-state index in [2.05, 4.69) is 22.9 Å². The number of unbranched alkanes of at least 4 members (excludes halogenated alkanes) is 4. The van der Waals surface area contributed by atoms with Crippen LogP contribution in [0.15, 0.2) is 22.7 Å². The summed E-state index contributed by atoms with van der Waals surface area (Å²) >= 11 is 8.44. The minimum atomic E-state index is 0.378. The number of ether oxygens (including phenoxy) is 1. The molecule has 0 atom stereocenters. The number of thiocarbonyl (C=S) groups is 1. The monoisotopic (exact) mass is 329 g/mol. The lowest BCUT2D eigenvalue weighted by atomic mass is 10.1. The maximum Gasteiger partial charge on any atom is 0.130 e. The predicted octanol–water partition coefficient (Wildman–Crippen LogP) is 4.43. The molecular weight excluding hydrogens is 310 g/mol. The lowest BCUT2D eigenvalue weighted by Gasteiger charge is -2.11. The molecule has 0 saturated carbocycles. The van der Waals surface area contributed by atoms with Crippen LogP contribution in [0.25, 0.3) is 0 Å². The number of rotatable bonds is 8. The molecule has 4 heteroatoms. The summed E-state index contributed by atoms with van der Waals surface area (Å²) in [7, 11) is 0. The number of benzene rings is 1. The second-order valence-corrected chi connectivity index (χ2v) is 5.62. The zero-order valence-electron chi connectivity index (χ0n) is 10.7. The SMILES string of the molecule is CCCCCCCOc1cc(Br)ccc1C(N)=S. The van der Waals surface area contributed by atoms with Crippen LogP contribution in [0, 0.1) is 0 Å². The van der Waals surface area contributed by atoms with Crippen LogP contribution in [0.5, 0.6) is 5.75 Å². The molecule has 0 radical (unpaired) electrons. The van der Waals surface area contributed by atoms with Gasteiger partial charge in [-0.2, -0.15) is 0 Å². The van der Waals surface area contributed by atoms with Gasteiger partial charge in [0.25, 0.3) is 0 Å². The third-order valence-electron chi connectivity index (χ3n) is 2.71. The molecule has 1 rings (SSSR count). The van der Waals surface area contributed by atoms with Crippen LogP contribution >= 0.6 is 28.1 Å². The van der Waals surface area contributed by atoms with E-state index in [-0.39, 0.29) is 0 Å². The minimum Gasteiger partial charge on any atom is -0.493 e. The van der Waals surface area contributed by atoms with E-state index in [4.69, 9.17) is 22.7 Å². The first kappa shape index (κ1) is 15.4. The fraction of sp³-hybridized carbons (Fsp3) is 0.500. The van der Waals surface area contributed by atoms with Gasteiger partial charge >= 0.3 is 0 Å². The Labute approximate surface area is 123 Å². The van der Waals surface area contributed by atoms with Gasteiger partial charge in [-0.3, -0.25) is 0 Å². The van der Waals surface area contributed by atoms with Crippen molar-refractivity contribution in [3.63, 3.8) is 0 Å². The minimum absolute atomic E-state index is 0.378. The molecule has 0 unspecified atom stereocenters. The first-order valence-corrected chi connectivity index (χ1v) is 7.57. The fourth-order valence-electron chi connectivity index (χ4n) is 1.71. The second kappa shape index (κ2) is 8.48. The molecule has 0 aliphatic carbocycles. The Hall–Kier alpha value is -0.610.